The van der Waals surface area contributed by atoms with Crippen molar-refractivity contribution in [2.75, 3.05) is 26.9 Å². The third-order valence-corrected chi connectivity index (χ3v) is 4.69. The Labute approximate surface area is 186 Å². The van der Waals surface area contributed by atoms with Gasteiger partial charge in [0.25, 0.3) is 5.91 Å². The Morgan fingerprint density at radius 2 is 1.91 bits per heavy atom. The molecule has 0 fully saturated rings. The second-order valence-electron chi connectivity index (χ2n) is 6.81. The van der Waals surface area contributed by atoms with Gasteiger partial charge in [-0.3, -0.25) is 4.79 Å². The van der Waals surface area contributed by atoms with E-state index in [0.29, 0.717) is 42.5 Å². The van der Waals surface area contributed by atoms with Gasteiger partial charge in [-0.15, -0.1) is 0 Å². The zero-order chi connectivity index (χ0) is 22.9. The van der Waals surface area contributed by atoms with Crippen LogP contribution >= 0.6 is 0 Å². The minimum absolute atomic E-state index is 0.229. The Hall–Kier alpha value is -3.72. The molecule has 32 heavy (non-hydrogen) atoms. The van der Waals surface area contributed by atoms with Gasteiger partial charge in [-0.1, -0.05) is 6.07 Å². The molecule has 0 aliphatic rings. The second kappa shape index (κ2) is 11.1. The molecule has 2 aromatic heterocycles. The Bertz CT molecular complexity index is 1060. The van der Waals surface area contributed by atoms with Crippen LogP contribution in [0.25, 0.3) is 5.69 Å². The molecule has 9 heteroatoms. The van der Waals surface area contributed by atoms with Crippen molar-refractivity contribution >= 4 is 11.9 Å². The van der Waals surface area contributed by atoms with Crippen molar-refractivity contribution in [1.82, 2.24) is 20.1 Å². The van der Waals surface area contributed by atoms with E-state index in [4.69, 9.17) is 14.2 Å². The fourth-order valence-corrected chi connectivity index (χ4v) is 3.02. The molecule has 0 bridgehead atoms. The minimum atomic E-state index is -0.409. The number of benzene rings is 1. The van der Waals surface area contributed by atoms with Crippen LogP contribution in [0, 0.1) is 6.92 Å². The second-order valence-corrected chi connectivity index (χ2v) is 6.81. The minimum Gasteiger partial charge on any atom is -0.475 e. The van der Waals surface area contributed by atoms with Gasteiger partial charge in [-0.05, 0) is 44.2 Å². The predicted molar refractivity (Wildman–Crippen MR) is 117 cm³/mol. The van der Waals surface area contributed by atoms with Crippen LogP contribution in [0.2, 0.25) is 0 Å². The van der Waals surface area contributed by atoms with E-state index in [1.165, 1.54) is 6.20 Å². The summed E-state index contributed by atoms with van der Waals surface area (Å²) in [6.45, 7) is 4.95. The normalized spacial score (nSPS) is 10.6. The van der Waals surface area contributed by atoms with Crippen LogP contribution in [-0.4, -0.2) is 53.6 Å². The van der Waals surface area contributed by atoms with Crippen LogP contribution < -0.4 is 10.1 Å². The molecule has 0 saturated carbocycles. The van der Waals surface area contributed by atoms with E-state index in [1.807, 2.05) is 6.07 Å². The maximum Gasteiger partial charge on any atom is 0.341 e. The average molecular weight is 438 g/mol. The number of hydrogen-bond acceptors (Lipinski definition) is 7. The molecule has 1 aromatic carbocycles. The van der Waals surface area contributed by atoms with Crippen molar-refractivity contribution < 1.29 is 23.8 Å². The lowest BCUT2D eigenvalue weighted by atomic mass is 10.1. The maximum absolute atomic E-state index is 12.6. The number of pyridine rings is 1. The Morgan fingerprint density at radius 3 is 2.62 bits per heavy atom. The highest BCUT2D eigenvalue weighted by Gasteiger charge is 2.16. The summed E-state index contributed by atoms with van der Waals surface area (Å²) in [6, 6.07) is 10.6. The number of ether oxygens (including phenoxy) is 3. The van der Waals surface area contributed by atoms with Crippen LogP contribution in [0.4, 0.5) is 0 Å². The topological polar surface area (TPSA) is 105 Å². The number of nitrogens with zero attached hydrogens (tertiary/aromatic N) is 3. The molecule has 3 rings (SSSR count). The monoisotopic (exact) mass is 438 g/mol. The molecule has 9 nitrogen and oxygen atoms in total. The smallest absolute Gasteiger partial charge is 0.341 e. The first-order valence-corrected chi connectivity index (χ1v) is 10.2. The number of methoxy groups -OCH3 is 1. The first kappa shape index (κ1) is 23.0. The fraction of sp³-hybridized carbons (Fsp3) is 0.304. The third-order valence-electron chi connectivity index (χ3n) is 4.69. The van der Waals surface area contributed by atoms with E-state index in [0.717, 1.165) is 11.3 Å². The number of carbonyl (C=O) groups is 2. The van der Waals surface area contributed by atoms with Gasteiger partial charge in [-0.2, -0.15) is 5.10 Å². The lowest BCUT2D eigenvalue weighted by Gasteiger charge is -2.11. The zero-order valence-electron chi connectivity index (χ0n) is 18.3. The molecule has 3 aromatic rings. The quantitative estimate of drug-likeness (QED) is 0.383. The van der Waals surface area contributed by atoms with Gasteiger partial charge in [-0.25, -0.2) is 14.5 Å². The number of rotatable bonds is 10. The summed E-state index contributed by atoms with van der Waals surface area (Å²) in [5, 5.41) is 7.14. The summed E-state index contributed by atoms with van der Waals surface area (Å²) in [4.78, 5) is 28.8. The van der Waals surface area contributed by atoms with Gasteiger partial charge in [0.1, 0.15) is 12.2 Å². The molecule has 0 unspecified atom stereocenters. The summed E-state index contributed by atoms with van der Waals surface area (Å²) in [5.74, 6) is -0.173. The maximum atomic E-state index is 12.6. The fourth-order valence-electron chi connectivity index (χ4n) is 3.02. The molecule has 0 saturated heterocycles. The van der Waals surface area contributed by atoms with Crippen LogP contribution in [0.5, 0.6) is 5.88 Å². The molecule has 0 aliphatic heterocycles. The van der Waals surface area contributed by atoms with Gasteiger partial charge in [0.05, 0.1) is 30.8 Å². The van der Waals surface area contributed by atoms with Crippen LogP contribution in [-0.2, 0) is 16.0 Å². The summed E-state index contributed by atoms with van der Waals surface area (Å²) in [7, 11) is 1.60. The van der Waals surface area contributed by atoms with Crippen molar-refractivity contribution in [2.24, 2.45) is 0 Å². The third kappa shape index (κ3) is 5.50. The highest BCUT2D eigenvalue weighted by atomic mass is 16.5. The molecule has 0 aliphatic carbocycles. The zero-order valence-corrected chi connectivity index (χ0v) is 18.3. The van der Waals surface area contributed by atoms with E-state index in [2.05, 4.69) is 15.4 Å². The molecule has 1 N–H and O–H groups in total. The van der Waals surface area contributed by atoms with Crippen LogP contribution in [0.15, 0.2) is 48.8 Å². The van der Waals surface area contributed by atoms with Crippen molar-refractivity contribution in [3.63, 3.8) is 0 Å². The van der Waals surface area contributed by atoms with E-state index in [1.54, 1.807) is 62.2 Å². The number of amides is 1. The van der Waals surface area contributed by atoms with E-state index in [-0.39, 0.29) is 12.5 Å². The van der Waals surface area contributed by atoms with E-state index < -0.39 is 5.97 Å². The largest absolute Gasteiger partial charge is 0.475 e. The number of esters is 1. The number of nitrogens with one attached hydrogen (secondary N) is 1. The summed E-state index contributed by atoms with van der Waals surface area (Å²) < 4.78 is 17.3. The van der Waals surface area contributed by atoms with Crippen LogP contribution in [0.3, 0.4) is 0 Å². The van der Waals surface area contributed by atoms with Crippen molar-refractivity contribution in [3.8, 4) is 11.6 Å². The number of carbonyl (C=O) groups excluding carboxylic acids is 2. The van der Waals surface area contributed by atoms with Gasteiger partial charge < -0.3 is 19.5 Å². The van der Waals surface area contributed by atoms with Crippen molar-refractivity contribution in [3.05, 3.63) is 71.2 Å². The molecule has 0 atom stereocenters. The molecular formula is C23H26N4O5. The highest BCUT2D eigenvalue weighted by molar-refractivity contribution is 5.94. The van der Waals surface area contributed by atoms with Crippen molar-refractivity contribution in [2.45, 2.75) is 20.4 Å². The lowest BCUT2D eigenvalue weighted by molar-refractivity contribution is 0.0525. The van der Waals surface area contributed by atoms with E-state index in [9.17, 15) is 9.59 Å². The SMILES string of the molecule is CCOC(=O)c1cnn(-c2ccc(C(=O)NCc3cccnc3OCCOC)cc2)c1C. The van der Waals surface area contributed by atoms with Gasteiger partial charge in [0, 0.05) is 31.0 Å². The molecule has 0 spiro atoms. The number of hydrogen-bond donors (Lipinski definition) is 1. The van der Waals surface area contributed by atoms with Crippen molar-refractivity contribution in [1.29, 1.82) is 0 Å². The lowest BCUT2D eigenvalue weighted by Crippen LogP contribution is -2.23. The first-order valence-electron chi connectivity index (χ1n) is 10.2. The highest BCUT2D eigenvalue weighted by Crippen LogP contribution is 2.17. The molecular weight excluding hydrogens is 412 g/mol. The summed E-state index contributed by atoms with van der Waals surface area (Å²) in [5.41, 5.74) is 3.07. The molecule has 1 amide bonds. The Balaban J connectivity index is 1.65. The number of aromatic nitrogens is 3. The first-order chi connectivity index (χ1) is 15.5. The van der Waals surface area contributed by atoms with Gasteiger partial charge in [0.2, 0.25) is 5.88 Å². The molecule has 2 heterocycles. The molecule has 0 radical (unpaired) electrons. The molecule has 168 valence electrons. The van der Waals surface area contributed by atoms with Gasteiger partial charge in [0.15, 0.2) is 0 Å². The summed E-state index contributed by atoms with van der Waals surface area (Å²) >= 11 is 0. The Morgan fingerprint density at radius 1 is 1.12 bits per heavy atom. The summed E-state index contributed by atoms with van der Waals surface area (Å²) in [6.07, 6.45) is 3.12. The predicted octanol–water partition coefficient (Wildman–Crippen LogP) is 2.71. The van der Waals surface area contributed by atoms with Crippen LogP contribution in [0.1, 0.15) is 38.9 Å². The standard InChI is InChI=1S/C23H26N4O5/c1-4-31-23(29)20-15-26-27(16(20)2)19-9-7-17(8-10-19)21(28)25-14-18-6-5-11-24-22(18)32-13-12-30-3/h5-11,15H,4,12-14H2,1-3H3,(H,25,28). The Kier molecular flexibility index (Phi) is 7.93. The average Bonchev–Trinajstić information content (AvgIpc) is 3.20. The van der Waals surface area contributed by atoms with Gasteiger partial charge >= 0.3 is 5.97 Å². The van der Waals surface area contributed by atoms with E-state index >= 15 is 0 Å².